The van der Waals surface area contributed by atoms with Crippen LogP contribution in [0.5, 0.6) is 0 Å². The van der Waals surface area contributed by atoms with Gasteiger partial charge in [0.25, 0.3) is 0 Å². The zero-order chi connectivity index (χ0) is 20.6. The van der Waals surface area contributed by atoms with E-state index in [2.05, 4.69) is 4.98 Å². The Morgan fingerprint density at radius 2 is 1.96 bits per heavy atom. The lowest BCUT2D eigenvalue weighted by atomic mass is 9.99. The fourth-order valence-electron chi connectivity index (χ4n) is 3.58. The molecule has 0 saturated carbocycles. The third kappa shape index (κ3) is 3.67. The van der Waals surface area contributed by atoms with Crippen LogP contribution >= 0.6 is 0 Å². The highest BCUT2D eigenvalue weighted by Crippen LogP contribution is 2.35. The molecule has 0 fully saturated rings. The number of hydrogen-bond acceptors (Lipinski definition) is 2. The minimum Gasteiger partial charge on any atom is -0.465 e. The van der Waals surface area contributed by atoms with Crippen molar-refractivity contribution in [2.24, 2.45) is 0 Å². The number of amides is 1. The molecule has 1 aliphatic heterocycles. The van der Waals surface area contributed by atoms with E-state index in [1.807, 2.05) is 11.5 Å². The number of carboxylic acid groups (broad SMARTS) is 1. The van der Waals surface area contributed by atoms with Crippen molar-refractivity contribution in [3.05, 3.63) is 52.6 Å². The van der Waals surface area contributed by atoms with Crippen LogP contribution in [0.3, 0.4) is 0 Å². The minimum atomic E-state index is -4.99. The average molecular weight is 403 g/mol. The predicted octanol–water partition coefficient (Wildman–Crippen LogP) is 4.41. The number of imidazole rings is 1. The van der Waals surface area contributed by atoms with Crippen LogP contribution in [0.1, 0.15) is 42.0 Å². The molecule has 2 aromatic rings. The molecular weight excluding hydrogens is 385 g/mol. The summed E-state index contributed by atoms with van der Waals surface area (Å²) in [6, 6.07) is 0.0182. The number of alkyl halides is 3. The molecule has 1 atom stereocenters. The van der Waals surface area contributed by atoms with Crippen molar-refractivity contribution in [3.8, 4) is 0 Å². The molecule has 28 heavy (non-hydrogen) atoms. The second-order valence-electron chi connectivity index (χ2n) is 6.56. The summed E-state index contributed by atoms with van der Waals surface area (Å²) in [5.74, 6) is -1.94. The van der Waals surface area contributed by atoms with Crippen LogP contribution in [0.15, 0.2) is 18.3 Å². The van der Waals surface area contributed by atoms with Gasteiger partial charge in [-0.3, -0.25) is 4.90 Å². The second-order valence-corrected chi connectivity index (χ2v) is 6.56. The highest BCUT2D eigenvalue weighted by atomic mass is 19.4. The molecule has 5 nitrogen and oxygen atoms in total. The zero-order valence-electron chi connectivity index (χ0n) is 14.9. The Labute approximate surface area is 157 Å². The average Bonchev–Trinajstić information content (AvgIpc) is 3.04. The predicted molar refractivity (Wildman–Crippen MR) is 88.8 cm³/mol. The van der Waals surface area contributed by atoms with Gasteiger partial charge in [-0.1, -0.05) is 6.92 Å². The topological polar surface area (TPSA) is 58.4 Å². The Hall–Kier alpha value is -2.65. The van der Waals surface area contributed by atoms with Crippen molar-refractivity contribution in [2.45, 2.75) is 44.9 Å². The van der Waals surface area contributed by atoms with E-state index in [0.29, 0.717) is 24.7 Å². The maximum absolute atomic E-state index is 14.1. The molecule has 0 saturated heterocycles. The first-order valence-corrected chi connectivity index (χ1v) is 8.72. The third-order valence-electron chi connectivity index (χ3n) is 4.94. The standard InChI is InChI=1S/C18H18F5N3O2/c1-2-16-24-9-15-14(26(17(27)28)6-5-25(15)16)4-3-10-7-13(20)11(8-12(10)19)18(21,22)23/h7-9,14H,2-6H2,1H3,(H,27,28). The van der Waals surface area contributed by atoms with E-state index in [0.717, 1.165) is 5.82 Å². The zero-order valence-corrected chi connectivity index (χ0v) is 14.9. The van der Waals surface area contributed by atoms with Crippen LogP contribution < -0.4 is 0 Å². The molecule has 0 bridgehead atoms. The molecule has 1 aromatic heterocycles. The lowest BCUT2D eigenvalue weighted by Gasteiger charge is -2.35. The van der Waals surface area contributed by atoms with Gasteiger partial charge in [0.2, 0.25) is 0 Å². The highest BCUT2D eigenvalue weighted by Gasteiger charge is 2.36. The molecule has 152 valence electrons. The van der Waals surface area contributed by atoms with Crippen molar-refractivity contribution < 1.29 is 31.9 Å². The molecule has 3 rings (SSSR count). The maximum Gasteiger partial charge on any atom is 0.419 e. The number of hydrogen-bond donors (Lipinski definition) is 1. The molecule has 1 aromatic carbocycles. The van der Waals surface area contributed by atoms with E-state index in [1.54, 1.807) is 6.20 Å². The van der Waals surface area contributed by atoms with E-state index in [9.17, 15) is 31.9 Å². The molecule has 10 heteroatoms. The van der Waals surface area contributed by atoms with Gasteiger partial charge >= 0.3 is 12.3 Å². The summed E-state index contributed by atoms with van der Waals surface area (Å²) in [6.07, 6.45) is -3.98. The first-order valence-electron chi connectivity index (χ1n) is 8.72. The van der Waals surface area contributed by atoms with Gasteiger partial charge in [0.1, 0.15) is 17.5 Å². The minimum absolute atomic E-state index is 0.0862. The lowest BCUT2D eigenvalue weighted by Crippen LogP contribution is -2.41. The second kappa shape index (κ2) is 7.40. The number of halogens is 5. The van der Waals surface area contributed by atoms with Crippen molar-refractivity contribution in [2.75, 3.05) is 6.54 Å². The number of fused-ring (bicyclic) bond motifs is 1. The molecule has 1 unspecified atom stereocenters. The summed E-state index contributed by atoms with van der Waals surface area (Å²) >= 11 is 0. The van der Waals surface area contributed by atoms with Crippen LogP contribution in [0.4, 0.5) is 26.7 Å². The molecule has 1 aliphatic rings. The molecule has 0 radical (unpaired) electrons. The van der Waals surface area contributed by atoms with Crippen molar-refractivity contribution in [3.63, 3.8) is 0 Å². The van der Waals surface area contributed by atoms with Gasteiger partial charge in [-0.05, 0) is 30.5 Å². The summed E-state index contributed by atoms with van der Waals surface area (Å²) in [7, 11) is 0. The number of carbonyl (C=O) groups is 1. The Morgan fingerprint density at radius 3 is 2.57 bits per heavy atom. The smallest absolute Gasteiger partial charge is 0.419 e. The monoisotopic (exact) mass is 403 g/mol. The van der Waals surface area contributed by atoms with E-state index in [1.165, 1.54) is 4.90 Å². The number of nitrogens with zero attached hydrogens (tertiary/aromatic N) is 3. The number of aryl methyl sites for hydroxylation is 2. The fourth-order valence-corrected chi connectivity index (χ4v) is 3.58. The first-order chi connectivity index (χ1) is 13.1. The van der Waals surface area contributed by atoms with Gasteiger partial charge in [-0.2, -0.15) is 13.2 Å². The van der Waals surface area contributed by atoms with Crippen LogP contribution in [-0.4, -0.2) is 32.2 Å². The third-order valence-corrected chi connectivity index (χ3v) is 4.94. The molecule has 0 aliphatic carbocycles. The molecule has 1 amide bonds. The van der Waals surface area contributed by atoms with Crippen LogP contribution in [-0.2, 0) is 25.6 Å². The molecule has 1 N–H and O–H groups in total. The Bertz CT molecular complexity index is 894. The first kappa shape index (κ1) is 20.1. The van der Waals surface area contributed by atoms with Gasteiger partial charge in [0.15, 0.2) is 0 Å². The Kier molecular flexibility index (Phi) is 5.31. The summed E-state index contributed by atoms with van der Waals surface area (Å²) in [5, 5.41) is 9.46. The van der Waals surface area contributed by atoms with Gasteiger partial charge in [0, 0.05) is 19.5 Å². The van der Waals surface area contributed by atoms with Crippen LogP contribution in [0.2, 0.25) is 0 Å². The molecular formula is C18H18F5N3O2. The molecule has 2 heterocycles. The maximum atomic E-state index is 14.1. The van der Waals surface area contributed by atoms with E-state index < -0.39 is 35.5 Å². The summed E-state index contributed by atoms with van der Waals surface area (Å²) < 4.78 is 67.9. The largest absolute Gasteiger partial charge is 0.465 e. The number of rotatable bonds is 4. The fraction of sp³-hybridized carbons (Fsp3) is 0.444. The summed E-state index contributed by atoms with van der Waals surface area (Å²) in [5.41, 5.74) is -1.26. The van der Waals surface area contributed by atoms with Gasteiger partial charge in [-0.15, -0.1) is 0 Å². The summed E-state index contributed by atoms with van der Waals surface area (Å²) in [6.45, 7) is 2.55. The van der Waals surface area contributed by atoms with Gasteiger partial charge in [-0.25, -0.2) is 18.6 Å². The van der Waals surface area contributed by atoms with Gasteiger partial charge < -0.3 is 9.67 Å². The van der Waals surface area contributed by atoms with E-state index in [4.69, 9.17) is 0 Å². The Balaban J connectivity index is 1.87. The number of aromatic nitrogens is 2. The highest BCUT2D eigenvalue weighted by molar-refractivity contribution is 5.66. The van der Waals surface area contributed by atoms with Crippen molar-refractivity contribution in [1.29, 1.82) is 0 Å². The van der Waals surface area contributed by atoms with E-state index in [-0.39, 0.29) is 31.0 Å². The normalized spacial score (nSPS) is 16.9. The van der Waals surface area contributed by atoms with Gasteiger partial charge in [0.05, 0.1) is 23.5 Å². The van der Waals surface area contributed by atoms with Crippen molar-refractivity contribution in [1.82, 2.24) is 14.5 Å². The van der Waals surface area contributed by atoms with Crippen LogP contribution in [0.25, 0.3) is 0 Å². The Morgan fingerprint density at radius 1 is 1.25 bits per heavy atom. The summed E-state index contributed by atoms with van der Waals surface area (Å²) in [4.78, 5) is 17.0. The molecule has 0 spiro atoms. The van der Waals surface area contributed by atoms with Crippen LogP contribution in [0, 0.1) is 11.6 Å². The van der Waals surface area contributed by atoms with Crippen molar-refractivity contribution >= 4 is 6.09 Å². The number of benzene rings is 1. The SMILES string of the molecule is CCc1ncc2n1CCN(C(=O)O)C2CCc1cc(F)c(C(F)(F)F)cc1F. The quantitative estimate of drug-likeness (QED) is 0.770. The van der Waals surface area contributed by atoms with E-state index >= 15 is 0 Å². The lowest BCUT2D eigenvalue weighted by molar-refractivity contribution is -0.140.